The summed E-state index contributed by atoms with van der Waals surface area (Å²) >= 11 is 3.04. The zero-order valence-electron chi connectivity index (χ0n) is 11.1. The summed E-state index contributed by atoms with van der Waals surface area (Å²) in [4.78, 5) is 13.3. The van der Waals surface area contributed by atoms with Crippen molar-refractivity contribution in [1.29, 1.82) is 0 Å². The van der Waals surface area contributed by atoms with Crippen LogP contribution in [0.25, 0.3) is 0 Å². The van der Waals surface area contributed by atoms with Gasteiger partial charge < -0.3 is 15.8 Å². The Morgan fingerprint density at radius 2 is 2.05 bits per heavy atom. The zero-order chi connectivity index (χ0) is 16.4. The van der Waals surface area contributed by atoms with E-state index in [1.54, 1.807) is 0 Å². The van der Waals surface area contributed by atoms with E-state index in [1.165, 1.54) is 14.0 Å². The summed E-state index contributed by atoms with van der Waals surface area (Å²) in [6, 6.07) is 2.00. The first-order chi connectivity index (χ1) is 9.59. The van der Waals surface area contributed by atoms with Gasteiger partial charge >= 0.3 is 6.18 Å². The van der Waals surface area contributed by atoms with Crippen LogP contribution in [0.5, 0.6) is 0 Å². The fraction of sp³-hybridized carbons (Fsp3) is 0.333. The Hall–Kier alpha value is -1.77. The smallest absolute Gasteiger partial charge is 0.409 e. The quantitative estimate of drug-likeness (QED) is 0.373. The monoisotopic (exact) mass is 367 g/mol. The minimum absolute atomic E-state index is 0.162. The van der Waals surface area contributed by atoms with Crippen LogP contribution in [0.1, 0.15) is 22.8 Å². The maximum absolute atomic E-state index is 12.7. The summed E-state index contributed by atoms with van der Waals surface area (Å²) in [6.07, 6.45) is -4.55. The van der Waals surface area contributed by atoms with E-state index in [-0.39, 0.29) is 15.9 Å². The third kappa shape index (κ3) is 3.87. The topological polar surface area (TPSA) is 78.9 Å². The number of alkyl halides is 3. The van der Waals surface area contributed by atoms with E-state index in [2.05, 4.69) is 21.1 Å². The fourth-order valence-corrected chi connectivity index (χ4v) is 1.93. The van der Waals surface area contributed by atoms with Gasteiger partial charge in [-0.25, -0.2) is 0 Å². The second-order valence-corrected chi connectivity index (χ2v) is 5.16. The molecule has 1 rings (SSSR count). The molecule has 21 heavy (non-hydrogen) atoms. The number of amidine groups is 1. The van der Waals surface area contributed by atoms with Crippen LogP contribution < -0.4 is 5.73 Å². The predicted molar refractivity (Wildman–Crippen MR) is 74.1 cm³/mol. The minimum atomic E-state index is -4.55. The Bertz CT molecular complexity index is 575. The standard InChI is InChI=1S/C12H13BrF3N3O2/c1-6(10(17)18-21)19(2)11(20)8-5-7(12(14,15)16)3-4-9(8)13/h3-6,21H,1-2H3,(H2,17,18). The maximum atomic E-state index is 12.7. The number of carbonyl (C=O) groups excluding carboxylic acids is 1. The Kier molecular flexibility index (Phi) is 5.21. The average Bonchev–Trinajstić information content (AvgIpc) is 2.43. The minimum Gasteiger partial charge on any atom is -0.409 e. The largest absolute Gasteiger partial charge is 0.416 e. The van der Waals surface area contributed by atoms with Crippen molar-refractivity contribution in [1.82, 2.24) is 4.90 Å². The van der Waals surface area contributed by atoms with Crippen LogP contribution in [0.3, 0.4) is 0 Å². The summed E-state index contributed by atoms with van der Waals surface area (Å²) in [5, 5.41) is 11.4. The van der Waals surface area contributed by atoms with E-state index in [0.29, 0.717) is 0 Å². The number of oxime groups is 1. The highest BCUT2D eigenvalue weighted by Gasteiger charge is 2.32. The van der Waals surface area contributed by atoms with Crippen molar-refractivity contribution in [2.24, 2.45) is 10.9 Å². The van der Waals surface area contributed by atoms with Crippen molar-refractivity contribution in [3.8, 4) is 0 Å². The summed E-state index contributed by atoms with van der Waals surface area (Å²) in [7, 11) is 1.34. The number of nitrogens with zero attached hydrogens (tertiary/aromatic N) is 2. The second kappa shape index (κ2) is 6.33. The lowest BCUT2D eigenvalue weighted by molar-refractivity contribution is -0.137. The van der Waals surface area contributed by atoms with Crippen molar-refractivity contribution < 1.29 is 23.2 Å². The van der Waals surface area contributed by atoms with Crippen LogP contribution >= 0.6 is 15.9 Å². The lowest BCUT2D eigenvalue weighted by Crippen LogP contribution is -2.44. The number of rotatable bonds is 3. The summed E-state index contributed by atoms with van der Waals surface area (Å²) in [5.74, 6) is -0.916. The fourth-order valence-electron chi connectivity index (χ4n) is 1.51. The number of halogens is 4. The molecule has 1 aromatic rings. The third-order valence-electron chi connectivity index (χ3n) is 2.97. The first-order valence-corrected chi connectivity index (χ1v) is 6.50. The highest BCUT2D eigenvalue weighted by atomic mass is 79.9. The molecule has 0 aliphatic rings. The van der Waals surface area contributed by atoms with Crippen LogP contribution in [-0.2, 0) is 6.18 Å². The van der Waals surface area contributed by atoms with E-state index in [4.69, 9.17) is 10.9 Å². The van der Waals surface area contributed by atoms with Crippen LogP contribution in [-0.4, -0.2) is 34.9 Å². The van der Waals surface area contributed by atoms with E-state index in [1.807, 2.05) is 0 Å². The Labute approximate surface area is 127 Å². The Balaban J connectivity index is 3.18. The molecule has 0 heterocycles. The van der Waals surface area contributed by atoms with E-state index < -0.39 is 23.7 Å². The van der Waals surface area contributed by atoms with Crippen LogP contribution in [0, 0.1) is 0 Å². The predicted octanol–water partition coefficient (Wildman–Crippen LogP) is 2.67. The van der Waals surface area contributed by atoms with Crippen molar-refractivity contribution >= 4 is 27.7 Å². The Morgan fingerprint density at radius 3 is 2.52 bits per heavy atom. The molecule has 0 saturated carbocycles. The van der Waals surface area contributed by atoms with Crippen LogP contribution in [0.15, 0.2) is 27.8 Å². The normalized spacial score (nSPS) is 13.9. The molecule has 116 valence electrons. The third-order valence-corrected chi connectivity index (χ3v) is 3.66. The molecule has 0 aromatic heterocycles. The van der Waals surface area contributed by atoms with Crippen molar-refractivity contribution in [2.45, 2.75) is 19.1 Å². The molecule has 0 aliphatic heterocycles. The van der Waals surface area contributed by atoms with E-state index >= 15 is 0 Å². The number of carbonyl (C=O) groups is 1. The zero-order valence-corrected chi connectivity index (χ0v) is 12.7. The van der Waals surface area contributed by atoms with Gasteiger partial charge in [0.25, 0.3) is 5.91 Å². The molecule has 1 atom stereocenters. The van der Waals surface area contributed by atoms with Gasteiger partial charge in [0, 0.05) is 11.5 Å². The summed E-state index contributed by atoms with van der Waals surface area (Å²) in [5.41, 5.74) is 4.29. The molecule has 3 N–H and O–H groups in total. The molecule has 0 fully saturated rings. The first-order valence-electron chi connectivity index (χ1n) is 5.71. The highest BCUT2D eigenvalue weighted by molar-refractivity contribution is 9.10. The van der Waals surface area contributed by atoms with Gasteiger partial charge in [-0.05, 0) is 41.1 Å². The average molecular weight is 368 g/mol. The Morgan fingerprint density at radius 1 is 1.48 bits per heavy atom. The summed E-state index contributed by atoms with van der Waals surface area (Å²) < 4.78 is 38.3. The molecular formula is C12H13BrF3N3O2. The molecule has 9 heteroatoms. The van der Waals surface area contributed by atoms with Gasteiger partial charge in [-0.15, -0.1) is 0 Å². The van der Waals surface area contributed by atoms with Crippen LogP contribution in [0.4, 0.5) is 13.2 Å². The molecule has 0 spiro atoms. The number of hydrogen-bond acceptors (Lipinski definition) is 3. The molecule has 1 aromatic carbocycles. The maximum Gasteiger partial charge on any atom is 0.416 e. The van der Waals surface area contributed by atoms with Crippen molar-refractivity contribution in [2.75, 3.05) is 7.05 Å². The number of amides is 1. The SMILES string of the molecule is CC(/C(N)=N/O)N(C)C(=O)c1cc(C(F)(F)F)ccc1Br. The van der Waals surface area contributed by atoms with Gasteiger partial charge in [-0.3, -0.25) is 4.79 Å². The molecule has 1 amide bonds. The summed E-state index contributed by atoms with van der Waals surface area (Å²) in [6.45, 7) is 1.48. The number of likely N-dealkylation sites (N-methyl/N-ethyl adjacent to an activating group) is 1. The lowest BCUT2D eigenvalue weighted by Gasteiger charge is -2.24. The van der Waals surface area contributed by atoms with Crippen molar-refractivity contribution in [3.05, 3.63) is 33.8 Å². The first kappa shape index (κ1) is 17.3. The molecule has 5 nitrogen and oxygen atoms in total. The van der Waals surface area contributed by atoms with Gasteiger partial charge in [0.1, 0.15) is 0 Å². The molecule has 0 saturated heterocycles. The van der Waals surface area contributed by atoms with E-state index in [9.17, 15) is 18.0 Å². The van der Waals surface area contributed by atoms with E-state index in [0.717, 1.165) is 23.1 Å². The van der Waals surface area contributed by atoms with Crippen LogP contribution in [0.2, 0.25) is 0 Å². The number of hydrogen-bond donors (Lipinski definition) is 2. The molecule has 0 aliphatic carbocycles. The van der Waals surface area contributed by atoms with Gasteiger partial charge in [-0.1, -0.05) is 5.16 Å². The molecule has 1 unspecified atom stereocenters. The van der Waals surface area contributed by atoms with Gasteiger partial charge in [0.15, 0.2) is 5.84 Å². The second-order valence-electron chi connectivity index (χ2n) is 4.31. The lowest BCUT2D eigenvalue weighted by atomic mass is 10.1. The molecular weight excluding hydrogens is 355 g/mol. The molecule has 0 bridgehead atoms. The van der Waals surface area contributed by atoms with Gasteiger partial charge in [0.2, 0.25) is 0 Å². The number of nitrogens with two attached hydrogens (primary N) is 1. The van der Waals surface area contributed by atoms with Crippen molar-refractivity contribution in [3.63, 3.8) is 0 Å². The number of benzene rings is 1. The van der Waals surface area contributed by atoms with Gasteiger partial charge in [0.05, 0.1) is 17.2 Å². The highest BCUT2D eigenvalue weighted by Crippen LogP contribution is 2.32. The molecule has 0 radical (unpaired) electrons. The van der Waals surface area contributed by atoms with Gasteiger partial charge in [-0.2, -0.15) is 13.2 Å².